The van der Waals surface area contributed by atoms with Gasteiger partial charge in [-0.3, -0.25) is 0 Å². The zero-order valence-electron chi connectivity index (χ0n) is 34.9. The fourth-order valence-electron chi connectivity index (χ4n) is 7.84. The second-order valence-corrected chi connectivity index (χ2v) is 16.8. The molecule has 10 rings (SSSR count). The van der Waals surface area contributed by atoms with Crippen LogP contribution in [-0.2, 0) is 14.2 Å². The van der Waals surface area contributed by atoms with Gasteiger partial charge in [-0.1, -0.05) is 6.58 Å². The maximum atomic E-state index is 12.2. The maximum absolute atomic E-state index is 12.2. The lowest BCUT2D eigenvalue weighted by Crippen LogP contribution is -2.46. The molecule has 0 saturated carbocycles. The molecule has 2 aliphatic heterocycles. The van der Waals surface area contributed by atoms with E-state index in [4.69, 9.17) is 55.2 Å². The van der Waals surface area contributed by atoms with Gasteiger partial charge in [0.05, 0.1) is 30.0 Å². The highest BCUT2D eigenvalue weighted by Crippen LogP contribution is 2.49. The number of hydrogen-bond acceptors (Lipinski definition) is 15. The fourth-order valence-corrected chi connectivity index (χ4v) is 7.84. The molecule has 3 aromatic carbocycles. The fraction of sp³-hybridized carbons (Fsp3) is 0.292. The van der Waals surface area contributed by atoms with E-state index in [-0.39, 0.29) is 54.0 Å². The van der Waals surface area contributed by atoms with E-state index in [9.17, 15) is 14.7 Å². The lowest BCUT2D eigenvalue weighted by atomic mass is 10.0. The number of benzene rings is 3. The molecular formula is C48H42O15. The van der Waals surface area contributed by atoms with Gasteiger partial charge in [-0.15, -0.1) is 0 Å². The van der Waals surface area contributed by atoms with E-state index in [0.717, 1.165) is 16.2 Å². The first kappa shape index (κ1) is 40.3. The van der Waals surface area contributed by atoms with E-state index in [0.29, 0.717) is 38.7 Å². The number of aliphatic hydroxyl groups is 1. The molecule has 2 aliphatic rings. The summed E-state index contributed by atoms with van der Waals surface area (Å²) in [6.45, 7) is 12.7. The van der Waals surface area contributed by atoms with Crippen LogP contribution in [0, 0.1) is 0 Å². The number of rotatable bonds is 13. The van der Waals surface area contributed by atoms with Crippen LogP contribution in [0.3, 0.4) is 0 Å². The predicted octanol–water partition coefficient (Wildman–Crippen LogP) is 9.03. The number of furan rings is 3. The molecule has 15 nitrogen and oxygen atoms in total. The van der Waals surface area contributed by atoms with Crippen molar-refractivity contribution in [3.05, 3.63) is 124 Å². The number of hydrogen-bond donors (Lipinski definition) is 1. The highest BCUT2D eigenvalue weighted by Gasteiger charge is 2.55. The van der Waals surface area contributed by atoms with Crippen molar-refractivity contribution < 1.29 is 60.4 Å². The van der Waals surface area contributed by atoms with Gasteiger partial charge >= 0.3 is 17.2 Å². The smallest absolute Gasteiger partial charge is 0.350 e. The molecule has 15 heteroatoms. The van der Waals surface area contributed by atoms with Crippen molar-refractivity contribution in [3.8, 4) is 23.0 Å². The molecule has 8 aromatic rings. The van der Waals surface area contributed by atoms with Crippen molar-refractivity contribution in [2.75, 3.05) is 19.8 Å². The van der Waals surface area contributed by atoms with Gasteiger partial charge in [-0.2, -0.15) is 0 Å². The molecule has 63 heavy (non-hydrogen) atoms. The Morgan fingerprint density at radius 3 is 1.89 bits per heavy atom. The molecule has 0 amide bonds. The van der Waals surface area contributed by atoms with Crippen LogP contribution in [0.2, 0.25) is 0 Å². The van der Waals surface area contributed by atoms with Crippen molar-refractivity contribution >= 4 is 60.9 Å². The highest BCUT2D eigenvalue weighted by atomic mass is 16.9. The first-order valence-electron chi connectivity index (χ1n) is 20.3. The molecule has 1 spiro atoms. The van der Waals surface area contributed by atoms with Crippen LogP contribution in [0.25, 0.3) is 60.9 Å². The van der Waals surface area contributed by atoms with Gasteiger partial charge in [0.2, 0.25) is 17.2 Å². The third kappa shape index (κ3) is 7.22. The van der Waals surface area contributed by atoms with E-state index < -0.39 is 46.7 Å². The van der Waals surface area contributed by atoms with Crippen LogP contribution in [0.4, 0.5) is 0 Å². The van der Waals surface area contributed by atoms with Gasteiger partial charge in [-0.25, -0.2) is 9.59 Å². The molecule has 0 unspecified atom stereocenters. The second-order valence-electron chi connectivity index (χ2n) is 16.8. The van der Waals surface area contributed by atoms with E-state index in [1.165, 1.54) is 30.9 Å². The summed E-state index contributed by atoms with van der Waals surface area (Å²) in [5, 5.41) is 15.3. The van der Waals surface area contributed by atoms with E-state index in [1.54, 1.807) is 57.2 Å². The average molecular weight is 859 g/mol. The Labute approximate surface area is 357 Å². The predicted molar refractivity (Wildman–Crippen MR) is 229 cm³/mol. The molecular weight excluding hydrogens is 817 g/mol. The van der Waals surface area contributed by atoms with Crippen molar-refractivity contribution in [2.45, 2.75) is 70.1 Å². The molecule has 1 saturated heterocycles. The van der Waals surface area contributed by atoms with Gasteiger partial charge in [0.1, 0.15) is 38.1 Å². The monoisotopic (exact) mass is 858 g/mol. The molecule has 7 heterocycles. The topological polar surface area (TPSA) is 185 Å². The van der Waals surface area contributed by atoms with E-state index in [1.807, 2.05) is 38.1 Å². The summed E-state index contributed by atoms with van der Waals surface area (Å²) in [6.07, 6.45) is 5.44. The molecule has 324 valence electrons. The minimum atomic E-state index is -1.71. The minimum absolute atomic E-state index is 0.0318. The lowest BCUT2D eigenvalue weighted by Gasteiger charge is -2.35. The first-order valence-corrected chi connectivity index (χ1v) is 20.3. The molecule has 5 aromatic heterocycles. The Balaban J connectivity index is 0.863. The summed E-state index contributed by atoms with van der Waals surface area (Å²) < 4.78 is 73.5. The summed E-state index contributed by atoms with van der Waals surface area (Å²) in [5.74, 6) is -0.735. The minimum Gasteiger partial charge on any atom is -0.483 e. The quantitative estimate of drug-likeness (QED) is 0.0855. The Morgan fingerprint density at radius 2 is 1.29 bits per heavy atom. The third-order valence-corrected chi connectivity index (χ3v) is 11.4. The first-order chi connectivity index (χ1) is 30.2. The van der Waals surface area contributed by atoms with Crippen LogP contribution in [0.15, 0.2) is 129 Å². The van der Waals surface area contributed by atoms with Crippen LogP contribution < -0.4 is 30.2 Å². The zero-order chi connectivity index (χ0) is 43.8. The molecule has 4 atom stereocenters. The SMILES string of the molecule is C=C(C)[C@H](COc1c2occc2cc2ccc(=O)oc12)OC(C)(C)[C@H](O)COc1c2c(cc3ccoc13)C=C[C@@]1(O2)O[C@H](COc2c3occc3cc3ccc(=O)oc23)C(C)(C)O1. The second kappa shape index (κ2) is 14.9. The Hall–Kier alpha value is -6.78. The van der Waals surface area contributed by atoms with Crippen molar-refractivity contribution in [1.82, 2.24) is 0 Å². The van der Waals surface area contributed by atoms with Gasteiger partial charge in [-0.05, 0) is 94.8 Å². The number of ether oxygens (including phenoxy) is 7. The van der Waals surface area contributed by atoms with Gasteiger partial charge in [0, 0.05) is 50.7 Å². The van der Waals surface area contributed by atoms with Crippen LogP contribution >= 0.6 is 0 Å². The molecule has 0 radical (unpaired) electrons. The number of aliphatic hydroxyl groups excluding tert-OH is 1. The van der Waals surface area contributed by atoms with Crippen LogP contribution in [0.5, 0.6) is 23.0 Å². The third-order valence-electron chi connectivity index (χ3n) is 11.4. The lowest BCUT2D eigenvalue weighted by molar-refractivity contribution is -0.271. The molecule has 0 aliphatic carbocycles. The van der Waals surface area contributed by atoms with Crippen molar-refractivity contribution in [1.29, 1.82) is 0 Å². The van der Waals surface area contributed by atoms with Gasteiger partial charge in [0.15, 0.2) is 33.7 Å². The van der Waals surface area contributed by atoms with Crippen LogP contribution in [0.1, 0.15) is 40.2 Å². The van der Waals surface area contributed by atoms with Crippen molar-refractivity contribution in [3.63, 3.8) is 0 Å². The molecule has 0 bridgehead atoms. The largest absolute Gasteiger partial charge is 0.483 e. The average Bonchev–Trinajstić information content (AvgIpc) is 4.06. The maximum Gasteiger partial charge on any atom is 0.350 e. The summed E-state index contributed by atoms with van der Waals surface area (Å²) in [5.41, 5.74) is -0.287. The summed E-state index contributed by atoms with van der Waals surface area (Å²) in [4.78, 5) is 24.4. The van der Waals surface area contributed by atoms with Gasteiger partial charge < -0.3 is 60.4 Å². The highest BCUT2D eigenvalue weighted by molar-refractivity contribution is 6.01. The Morgan fingerprint density at radius 1 is 0.746 bits per heavy atom. The number of fused-ring (bicyclic) bond motifs is 6. The summed E-state index contributed by atoms with van der Waals surface area (Å²) >= 11 is 0. The molecule has 1 fully saturated rings. The van der Waals surface area contributed by atoms with Crippen molar-refractivity contribution in [2.24, 2.45) is 0 Å². The van der Waals surface area contributed by atoms with E-state index >= 15 is 0 Å². The normalized spacial score (nSPS) is 19.2. The standard InChI is InChI=1S/C48H42O15/c1-25(2)32(22-55-43-37-29(12-16-52-37)19-26-7-9-35(50)58-40(26)43)60-46(3,4)33(49)23-56-45-39-31(14-18-54-39)21-28-11-15-48(62-42(28)45)61-34(47(5,6)63-48)24-57-44-38-30(13-17-53-38)20-27-8-10-36(51)59-41(27)44/h7-21,32-34,49H,1,22-24H2,2-6H3/t32-,33+,34+,48-/m0/s1. The van der Waals surface area contributed by atoms with E-state index in [2.05, 4.69) is 6.58 Å². The molecule has 1 N–H and O–H groups in total. The Kier molecular flexibility index (Phi) is 9.56. The summed E-state index contributed by atoms with van der Waals surface area (Å²) in [7, 11) is 0. The summed E-state index contributed by atoms with van der Waals surface area (Å²) in [6, 6.07) is 17.0. The Bertz CT molecular complexity index is 3230. The van der Waals surface area contributed by atoms with Crippen LogP contribution in [-0.4, -0.2) is 60.4 Å². The zero-order valence-corrected chi connectivity index (χ0v) is 34.9. The van der Waals surface area contributed by atoms with Gasteiger partial charge in [0.25, 0.3) is 0 Å².